The number of unbranched alkanes of at least 4 members (excludes halogenated alkanes) is 4. The number of ether oxygens (including phenoxy) is 4. The first-order chi connectivity index (χ1) is 33.7. The highest BCUT2D eigenvalue weighted by Crippen LogP contribution is 2.56. The second-order valence-electron chi connectivity index (χ2n) is 18.7. The summed E-state index contributed by atoms with van der Waals surface area (Å²) in [4.78, 5) is 29.3. The van der Waals surface area contributed by atoms with Crippen LogP contribution in [0.5, 0.6) is 11.5 Å². The first-order valence-electron chi connectivity index (χ1n) is 26.1. The Balaban J connectivity index is 0.963. The molecule has 0 saturated carbocycles. The van der Waals surface area contributed by atoms with E-state index in [0.717, 1.165) is 101 Å². The normalized spacial score (nSPS) is 12.6. The Morgan fingerprint density at radius 1 is 0.449 bits per heavy atom. The molecule has 4 aromatic carbocycles. The molecule has 2 aromatic heterocycles. The van der Waals surface area contributed by atoms with Crippen molar-refractivity contribution in [2.24, 2.45) is 0 Å². The highest BCUT2D eigenvalue weighted by Gasteiger charge is 2.42. The van der Waals surface area contributed by atoms with Gasteiger partial charge in [-0.2, -0.15) is 0 Å². The quantitative estimate of drug-likeness (QED) is 0.0360. The molecule has 366 valence electrons. The highest BCUT2D eigenvalue weighted by atomic mass is 32.1. The van der Waals surface area contributed by atoms with Gasteiger partial charge in [0, 0.05) is 37.8 Å². The van der Waals surface area contributed by atoms with Gasteiger partial charge in [0.05, 0.1) is 13.2 Å². The standard InChI is InChI=1S/C61H74O6S2/c1-7-37-61(38-8-2)53-41-45(57-35-33-55(68-57)43-21-27-49(28-22-43)64-39-17-13-15-19-59(62)66-47(9-3)10-4)25-31-51(53)52-32-26-46(42-54(52)61)58-36-34-56(69-58)44-23-29-50(30-24-44)65-40-18-14-16-20-60(63)67-48(11-5)12-6/h21-36,41-42,47-48H,7-20,37-40H2,1-6H3. The molecule has 0 unspecified atom stereocenters. The molecule has 0 atom stereocenters. The Labute approximate surface area is 420 Å². The van der Waals surface area contributed by atoms with Gasteiger partial charge in [0.2, 0.25) is 0 Å². The lowest BCUT2D eigenvalue weighted by atomic mass is 9.71. The van der Waals surface area contributed by atoms with Gasteiger partial charge in [-0.3, -0.25) is 9.59 Å². The zero-order valence-corrected chi connectivity index (χ0v) is 43.7. The maximum absolute atomic E-state index is 12.1. The molecule has 0 radical (unpaired) electrons. The van der Waals surface area contributed by atoms with Crippen molar-refractivity contribution in [3.05, 3.63) is 120 Å². The molecule has 1 aliphatic rings. The van der Waals surface area contributed by atoms with Crippen molar-refractivity contribution in [1.82, 2.24) is 0 Å². The predicted octanol–water partition coefficient (Wildman–Crippen LogP) is 17.7. The molecule has 2 heterocycles. The largest absolute Gasteiger partial charge is 0.494 e. The van der Waals surface area contributed by atoms with Gasteiger partial charge in [0.1, 0.15) is 23.7 Å². The van der Waals surface area contributed by atoms with Gasteiger partial charge in [-0.15, -0.1) is 22.7 Å². The van der Waals surface area contributed by atoms with Crippen molar-refractivity contribution in [3.8, 4) is 64.4 Å². The van der Waals surface area contributed by atoms with Gasteiger partial charge in [-0.25, -0.2) is 0 Å². The molecule has 69 heavy (non-hydrogen) atoms. The summed E-state index contributed by atoms with van der Waals surface area (Å²) in [6.07, 6.45) is 14.3. The summed E-state index contributed by atoms with van der Waals surface area (Å²) in [6, 6.07) is 40.4. The second-order valence-corrected chi connectivity index (χ2v) is 20.8. The minimum atomic E-state index is -0.0838. The summed E-state index contributed by atoms with van der Waals surface area (Å²) in [5.41, 5.74) is 10.6. The van der Waals surface area contributed by atoms with Crippen LogP contribution in [0.2, 0.25) is 0 Å². The van der Waals surface area contributed by atoms with Crippen LogP contribution in [0.1, 0.15) is 155 Å². The molecule has 0 N–H and O–H groups in total. The van der Waals surface area contributed by atoms with Crippen LogP contribution in [0.25, 0.3) is 52.9 Å². The molecule has 1 aliphatic carbocycles. The summed E-state index contributed by atoms with van der Waals surface area (Å²) >= 11 is 3.70. The Morgan fingerprint density at radius 2 is 0.812 bits per heavy atom. The van der Waals surface area contributed by atoms with E-state index in [9.17, 15) is 9.59 Å². The summed E-state index contributed by atoms with van der Waals surface area (Å²) in [7, 11) is 0. The van der Waals surface area contributed by atoms with Gasteiger partial charge < -0.3 is 18.9 Å². The lowest BCUT2D eigenvalue weighted by molar-refractivity contribution is -0.150. The van der Waals surface area contributed by atoms with Crippen LogP contribution in [0, 0.1) is 0 Å². The van der Waals surface area contributed by atoms with Crippen LogP contribution in [-0.2, 0) is 24.5 Å². The summed E-state index contributed by atoms with van der Waals surface area (Å²) < 4.78 is 23.2. The van der Waals surface area contributed by atoms with E-state index in [1.807, 2.05) is 22.7 Å². The number of rotatable bonds is 28. The summed E-state index contributed by atoms with van der Waals surface area (Å²) in [5.74, 6) is 1.58. The Hall–Kier alpha value is -5.18. The monoisotopic (exact) mass is 966 g/mol. The minimum absolute atomic E-state index is 0.0381. The number of benzene rings is 4. The molecule has 0 bridgehead atoms. The molecule has 0 fully saturated rings. The lowest BCUT2D eigenvalue weighted by Gasteiger charge is -2.32. The second kappa shape index (κ2) is 25.6. The first-order valence-corrected chi connectivity index (χ1v) is 27.7. The van der Waals surface area contributed by atoms with E-state index in [-0.39, 0.29) is 29.6 Å². The molecular formula is C61H74O6S2. The van der Waals surface area contributed by atoms with Crippen molar-refractivity contribution in [2.45, 2.75) is 162 Å². The third-order valence-corrected chi connectivity index (χ3v) is 16.1. The zero-order valence-electron chi connectivity index (χ0n) is 42.0. The molecule has 7 rings (SSSR count). The number of esters is 2. The minimum Gasteiger partial charge on any atom is -0.494 e. The number of hydrogen-bond donors (Lipinski definition) is 0. The Morgan fingerprint density at radius 3 is 1.17 bits per heavy atom. The van der Waals surface area contributed by atoms with Crippen LogP contribution >= 0.6 is 22.7 Å². The van der Waals surface area contributed by atoms with Crippen molar-refractivity contribution in [2.75, 3.05) is 13.2 Å². The van der Waals surface area contributed by atoms with Gasteiger partial charge in [-0.05, 0) is 206 Å². The molecule has 0 aliphatic heterocycles. The van der Waals surface area contributed by atoms with Crippen molar-refractivity contribution >= 4 is 34.6 Å². The van der Waals surface area contributed by atoms with Crippen molar-refractivity contribution < 1.29 is 28.5 Å². The summed E-state index contributed by atoms with van der Waals surface area (Å²) in [5, 5.41) is 0. The number of hydrogen-bond acceptors (Lipinski definition) is 8. The van der Waals surface area contributed by atoms with Crippen molar-refractivity contribution in [3.63, 3.8) is 0 Å². The smallest absolute Gasteiger partial charge is 0.306 e. The molecule has 0 spiro atoms. The Bertz CT molecular complexity index is 2360. The van der Waals surface area contributed by atoms with Crippen LogP contribution in [0.4, 0.5) is 0 Å². The third kappa shape index (κ3) is 13.2. The average Bonchev–Trinajstić information content (AvgIpc) is 4.14. The number of fused-ring (bicyclic) bond motifs is 3. The number of thiophene rings is 2. The van der Waals surface area contributed by atoms with Gasteiger partial charge in [0.25, 0.3) is 0 Å². The van der Waals surface area contributed by atoms with Crippen LogP contribution < -0.4 is 9.47 Å². The molecule has 6 aromatic rings. The van der Waals surface area contributed by atoms with E-state index in [2.05, 4.69) is 151 Å². The summed E-state index contributed by atoms with van der Waals surface area (Å²) in [6.45, 7) is 14.2. The molecule has 0 saturated heterocycles. The van der Waals surface area contributed by atoms with Crippen LogP contribution in [-0.4, -0.2) is 37.4 Å². The maximum Gasteiger partial charge on any atom is 0.306 e. The van der Waals surface area contributed by atoms with Gasteiger partial charge in [-0.1, -0.05) is 78.6 Å². The van der Waals surface area contributed by atoms with E-state index >= 15 is 0 Å². The fourth-order valence-corrected chi connectivity index (χ4v) is 11.9. The number of carbonyl (C=O) groups is 2. The maximum atomic E-state index is 12.1. The molecule has 0 amide bonds. The van der Waals surface area contributed by atoms with Gasteiger partial charge >= 0.3 is 11.9 Å². The Kier molecular flexibility index (Phi) is 19.2. The molecular weight excluding hydrogens is 893 g/mol. The highest BCUT2D eigenvalue weighted by molar-refractivity contribution is 7.19. The lowest BCUT2D eigenvalue weighted by Crippen LogP contribution is -2.25. The van der Waals surface area contributed by atoms with E-state index < -0.39 is 0 Å². The van der Waals surface area contributed by atoms with Gasteiger partial charge in [0.15, 0.2) is 0 Å². The number of carbonyl (C=O) groups excluding carboxylic acids is 2. The van der Waals surface area contributed by atoms with Crippen LogP contribution in [0.15, 0.2) is 109 Å². The van der Waals surface area contributed by atoms with E-state index in [1.54, 1.807) is 0 Å². The third-order valence-electron chi connectivity index (χ3n) is 13.8. The van der Waals surface area contributed by atoms with E-state index in [1.165, 1.54) is 64.0 Å². The average molecular weight is 967 g/mol. The molecule has 8 heteroatoms. The van der Waals surface area contributed by atoms with Crippen LogP contribution in [0.3, 0.4) is 0 Å². The van der Waals surface area contributed by atoms with Crippen molar-refractivity contribution in [1.29, 1.82) is 0 Å². The fourth-order valence-electron chi connectivity index (χ4n) is 9.92. The molecule has 6 nitrogen and oxygen atoms in total. The fraction of sp³-hybridized carbons (Fsp3) is 0.443. The SMILES string of the molecule is CCCC1(CCC)c2cc(-c3ccc(-c4ccc(OCCCCCC(=O)OC(CC)CC)cc4)s3)ccc2-c2ccc(-c3ccc(-c4ccc(OCCCCCC(=O)OC(CC)CC)cc4)s3)cc21. The zero-order chi connectivity index (χ0) is 48.6. The first kappa shape index (κ1) is 51.7. The topological polar surface area (TPSA) is 71.1 Å². The predicted molar refractivity (Wildman–Crippen MR) is 289 cm³/mol. The van der Waals surface area contributed by atoms with E-state index in [0.29, 0.717) is 26.1 Å². The van der Waals surface area contributed by atoms with E-state index in [4.69, 9.17) is 18.9 Å².